The maximum absolute atomic E-state index is 12.1. The van der Waals surface area contributed by atoms with Crippen LogP contribution in [0.3, 0.4) is 0 Å². The Morgan fingerprint density at radius 1 is 1.38 bits per heavy atom. The van der Waals surface area contributed by atoms with Gasteiger partial charge >= 0.3 is 6.36 Å². The topological polar surface area (TPSA) is 9.23 Å². The van der Waals surface area contributed by atoms with Gasteiger partial charge in [-0.3, -0.25) is 0 Å². The average molecular weight is 250 g/mol. The molecule has 1 aromatic carbocycles. The maximum atomic E-state index is 12.1. The molecule has 0 amide bonds. The van der Waals surface area contributed by atoms with Gasteiger partial charge in [-0.05, 0) is 25.1 Å². The average Bonchev–Trinajstić information content (AvgIpc) is 2.17. The zero-order valence-electron chi connectivity index (χ0n) is 8.22. The molecule has 0 spiro atoms. The first-order chi connectivity index (χ1) is 7.33. The third kappa shape index (κ3) is 3.45. The van der Waals surface area contributed by atoms with Crippen LogP contribution in [0.4, 0.5) is 13.2 Å². The highest BCUT2D eigenvalue weighted by Crippen LogP contribution is 2.33. The molecule has 0 heterocycles. The molecule has 1 rings (SSSR count). The molecule has 0 bridgehead atoms. The Morgan fingerprint density at radius 3 is 2.50 bits per heavy atom. The van der Waals surface area contributed by atoms with Crippen LogP contribution in [0.2, 0.25) is 5.02 Å². The number of hydrogen-bond donors (Lipinski definition) is 0. The van der Waals surface area contributed by atoms with Crippen molar-refractivity contribution >= 4 is 11.6 Å². The second-order valence-electron chi connectivity index (χ2n) is 3.07. The van der Waals surface area contributed by atoms with Crippen molar-refractivity contribution in [2.24, 2.45) is 0 Å². The molecule has 1 nitrogen and oxygen atoms in total. The predicted molar refractivity (Wildman–Crippen MR) is 56.4 cm³/mol. The second kappa shape index (κ2) is 4.78. The lowest BCUT2D eigenvalue weighted by molar-refractivity contribution is -0.274. The summed E-state index contributed by atoms with van der Waals surface area (Å²) in [6.45, 7) is 7.10. The van der Waals surface area contributed by atoms with Crippen molar-refractivity contribution in [1.82, 2.24) is 0 Å². The summed E-state index contributed by atoms with van der Waals surface area (Å²) in [5.74, 6) is -0.826. The van der Waals surface area contributed by atoms with Crippen molar-refractivity contribution in [3.8, 4) is 5.75 Å². The highest BCUT2D eigenvalue weighted by atomic mass is 35.5. The molecule has 87 valence electrons. The first-order valence-corrected chi connectivity index (χ1v) is 4.72. The van der Waals surface area contributed by atoms with E-state index >= 15 is 0 Å². The van der Waals surface area contributed by atoms with Gasteiger partial charge in [-0.1, -0.05) is 17.7 Å². The summed E-state index contributed by atoms with van der Waals surface area (Å²) in [5.41, 5.74) is 0.250. The molecule has 0 aromatic heterocycles. The molecular weight excluding hydrogens is 241 g/mol. The van der Waals surface area contributed by atoms with Crippen LogP contribution in [0, 0.1) is 6.92 Å². The summed E-state index contributed by atoms with van der Waals surface area (Å²) in [5, 5.41) is 0.319. The summed E-state index contributed by atoms with van der Waals surface area (Å²) in [7, 11) is 0. The lowest BCUT2D eigenvalue weighted by Crippen LogP contribution is -2.18. The second-order valence-corrected chi connectivity index (χ2v) is 3.51. The number of halogens is 4. The minimum Gasteiger partial charge on any atom is -0.405 e. The number of rotatable bonds is 3. The van der Waals surface area contributed by atoms with Gasteiger partial charge in [0.15, 0.2) is 0 Å². The number of benzene rings is 1. The van der Waals surface area contributed by atoms with E-state index in [9.17, 15) is 13.2 Å². The molecule has 1 atom stereocenters. The van der Waals surface area contributed by atoms with E-state index in [1.165, 1.54) is 18.2 Å². The van der Waals surface area contributed by atoms with E-state index < -0.39 is 12.3 Å². The Balaban J connectivity index is 3.12. The summed E-state index contributed by atoms with van der Waals surface area (Å²) < 4.78 is 40.1. The predicted octanol–water partition coefficient (Wildman–Crippen LogP) is 4.34. The fraction of sp³-hybridized carbons (Fsp3) is 0.182. The van der Waals surface area contributed by atoms with Crippen LogP contribution < -0.4 is 4.74 Å². The molecule has 0 aliphatic heterocycles. The number of ether oxygens (including phenoxy) is 1. The molecule has 0 saturated carbocycles. The first kappa shape index (κ1) is 12.9. The van der Waals surface area contributed by atoms with Crippen molar-refractivity contribution < 1.29 is 17.9 Å². The normalized spacial score (nSPS) is 13.3. The molecule has 1 unspecified atom stereocenters. The molecule has 0 aliphatic rings. The monoisotopic (exact) mass is 249 g/mol. The fourth-order valence-corrected chi connectivity index (χ4v) is 1.33. The lowest BCUT2D eigenvalue weighted by Gasteiger charge is -2.15. The Labute approximate surface area is 96.5 Å². The quantitative estimate of drug-likeness (QED) is 0.724. The standard InChI is InChI=1S/C11H9ClF3O/c1-3-7(2)9-6-8(12)4-5-10(9)16-11(13,14)15/h3-7H,1-2H2. The number of alkyl halides is 3. The van der Waals surface area contributed by atoms with Gasteiger partial charge in [-0.25, -0.2) is 0 Å². The minimum atomic E-state index is -4.73. The van der Waals surface area contributed by atoms with Crippen molar-refractivity contribution in [3.05, 3.63) is 48.4 Å². The smallest absolute Gasteiger partial charge is 0.405 e. The van der Waals surface area contributed by atoms with Crippen LogP contribution in [-0.4, -0.2) is 6.36 Å². The summed E-state index contributed by atoms with van der Waals surface area (Å²) in [6.07, 6.45) is -3.32. The van der Waals surface area contributed by atoms with Crippen LogP contribution in [-0.2, 0) is 0 Å². The third-order valence-electron chi connectivity index (χ3n) is 1.88. The first-order valence-electron chi connectivity index (χ1n) is 4.34. The van der Waals surface area contributed by atoms with E-state index in [1.807, 2.05) is 0 Å². The third-order valence-corrected chi connectivity index (χ3v) is 2.12. The summed E-state index contributed by atoms with van der Waals surface area (Å²) in [4.78, 5) is 0. The van der Waals surface area contributed by atoms with Gasteiger partial charge in [-0.2, -0.15) is 0 Å². The van der Waals surface area contributed by atoms with E-state index in [2.05, 4.69) is 18.2 Å². The molecule has 0 fully saturated rings. The largest absolute Gasteiger partial charge is 0.573 e. The number of allylic oxidation sites excluding steroid dienone is 1. The molecule has 1 radical (unpaired) electrons. The van der Waals surface area contributed by atoms with E-state index in [0.717, 1.165) is 6.07 Å². The van der Waals surface area contributed by atoms with Gasteiger partial charge in [0.1, 0.15) is 5.75 Å². The van der Waals surface area contributed by atoms with Crippen molar-refractivity contribution in [1.29, 1.82) is 0 Å². The lowest BCUT2D eigenvalue weighted by atomic mass is 10.0. The molecule has 0 saturated heterocycles. The van der Waals surface area contributed by atoms with E-state index in [4.69, 9.17) is 11.6 Å². The Hall–Kier alpha value is -1.16. The van der Waals surface area contributed by atoms with Gasteiger partial charge in [-0.15, -0.1) is 19.8 Å². The Bertz CT molecular complexity index is 387. The van der Waals surface area contributed by atoms with Crippen molar-refractivity contribution in [2.45, 2.75) is 12.3 Å². The highest BCUT2D eigenvalue weighted by Gasteiger charge is 2.32. The van der Waals surface area contributed by atoms with Crippen LogP contribution in [0.15, 0.2) is 30.9 Å². The van der Waals surface area contributed by atoms with Gasteiger partial charge in [0.25, 0.3) is 0 Å². The molecule has 0 aliphatic carbocycles. The van der Waals surface area contributed by atoms with Gasteiger partial charge in [0, 0.05) is 16.5 Å². The SMILES string of the molecule is [CH2]C(C=C)c1cc(Cl)ccc1OC(F)(F)F. The molecular formula is C11H9ClF3O. The van der Waals surface area contributed by atoms with Crippen LogP contribution in [0.25, 0.3) is 0 Å². The Kier molecular flexibility index (Phi) is 3.86. The highest BCUT2D eigenvalue weighted by molar-refractivity contribution is 6.30. The summed E-state index contributed by atoms with van der Waals surface area (Å²) >= 11 is 5.69. The van der Waals surface area contributed by atoms with Gasteiger partial charge in [0.2, 0.25) is 0 Å². The minimum absolute atomic E-state index is 0.250. The zero-order chi connectivity index (χ0) is 12.3. The van der Waals surface area contributed by atoms with E-state index in [1.54, 1.807) is 0 Å². The molecule has 5 heteroatoms. The van der Waals surface area contributed by atoms with Crippen LogP contribution >= 0.6 is 11.6 Å². The van der Waals surface area contributed by atoms with E-state index in [-0.39, 0.29) is 11.3 Å². The van der Waals surface area contributed by atoms with Gasteiger partial charge < -0.3 is 4.74 Å². The zero-order valence-corrected chi connectivity index (χ0v) is 8.98. The van der Waals surface area contributed by atoms with Crippen LogP contribution in [0.5, 0.6) is 5.75 Å². The van der Waals surface area contributed by atoms with Gasteiger partial charge in [0.05, 0.1) is 0 Å². The summed E-state index contributed by atoms with van der Waals surface area (Å²) in [6, 6.07) is 3.86. The molecule has 0 N–H and O–H groups in total. The maximum Gasteiger partial charge on any atom is 0.573 e. The molecule has 1 aromatic rings. The van der Waals surface area contributed by atoms with E-state index in [0.29, 0.717) is 5.02 Å². The van der Waals surface area contributed by atoms with Crippen molar-refractivity contribution in [2.75, 3.05) is 0 Å². The van der Waals surface area contributed by atoms with Crippen molar-refractivity contribution in [3.63, 3.8) is 0 Å². The molecule has 16 heavy (non-hydrogen) atoms. The van der Waals surface area contributed by atoms with Crippen LogP contribution in [0.1, 0.15) is 11.5 Å². The Morgan fingerprint density at radius 2 is 2.00 bits per heavy atom. The fourth-order valence-electron chi connectivity index (χ4n) is 1.15. The number of hydrogen-bond acceptors (Lipinski definition) is 1.